The summed E-state index contributed by atoms with van der Waals surface area (Å²) >= 11 is 1.89. The molecule has 0 aliphatic carbocycles. The third-order valence-electron chi connectivity index (χ3n) is 3.62. The third-order valence-corrected chi connectivity index (χ3v) is 4.36. The van der Waals surface area contributed by atoms with Crippen molar-refractivity contribution in [1.29, 1.82) is 0 Å². The van der Waals surface area contributed by atoms with Crippen molar-refractivity contribution in [2.75, 3.05) is 12.0 Å². The average molecular weight is 277 g/mol. The lowest BCUT2D eigenvalue weighted by atomic mass is 10.1. The van der Waals surface area contributed by atoms with Crippen LogP contribution in [-0.4, -0.2) is 18.1 Å². The minimum Gasteiger partial charge on any atom is -0.459 e. The molecule has 1 aromatic carbocycles. The van der Waals surface area contributed by atoms with E-state index in [1.165, 1.54) is 10.9 Å². The smallest absolute Gasteiger partial charge is 0.134 e. The number of fused-ring (bicyclic) bond motifs is 1. The Kier molecular flexibility index (Phi) is 4.94. The molecule has 2 rings (SSSR count). The Hall–Kier alpha value is -0.930. The van der Waals surface area contributed by atoms with Gasteiger partial charge in [-0.2, -0.15) is 11.8 Å². The minimum absolute atomic E-state index is 0.254. The van der Waals surface area contributed by atoms with Crippen molar-refractivity contribution in [1.82, 2.24) is 5.32 Å². The number of nitrogens with one attached hydrogen (secondary N) is 1. The van der Waals surface area contributed by atoms with Gasteiger partial charge in [0.2, 0.25) is 0 Å². The van der Waals surface area contributed by atoms with Gasteiger partial charge in [0.1, 0.15) is 11.3 Å². The van der Waals surface area contributed by atoms with Crippen LogP contribution in [0.5, 0.6) is 0 Å². The Morgan fingerprint density at radius 2 is 2.05 bits per heavy atom. The van der Waals surface area contributed by atoms with Gasteiger partial charge < -0.3 is 9.73 Å². The van der Waals surface area contributed by atoms with Crippen LogP contribution in [0.2, 0.25) is 0 Å². The normalized spacial score (nSPS) is 14.7. The molecule has 0 saturated carbocycles. The molecule has 3 heteroatoms. The second-order valence-electron chi connectivity index (χ2n) is 5.04. The van der Waals surface area contributed by atoms with E-state index in [0.29, 0.717) is 6.04 Å². The van der Waals surface area contributed by atoms with Crippen molar-refractivity contribution < 1.29 is 4.42 Å². The van der Waals surface area contributed by atoms with Crippen molar-refractivity contribution in [3.8, 4) is 0 Å². The molecule has 1 N–H and O–H groups in total. The van der Waals surface area contributed by atoms with Crippen LogP contribution in [0.3, 0.4) is 0 Å². The summed E-state index contributed by atoms with van der Waals surface area (Å²) < 4.78 is 6.01. The van der Waals surface area contributed by atoms with Crippen LogP contribution in [0.1, 0.15) is 37.6 Å². The summed E-state index contributed by atoms with van der Waals surface area (Å²) in [5.41, 5.74) is 2.25. The number of rotatable bonds is 6. The van der Waals surface area contributed by atoms with E-state index in [9.17, 15) is 0 Å². The third kappa shape index (κ3) is 3.15. The van der Waals surface area contributed by atoms with E-state index in [0.717, 1.165) is 23.5 Å². The van der Waals surface area contributed by atoms with Gasteiger partial charge in [0.15, 0.2) is 0 Å². The minimum atomic E-state index is 0.254. The summed E-state index contributed by atoms with van der Waals surface area (Å²) in [6.45, 7) is 6.56. The molecule has 2 aromatic rings. The van der Waals surface area contributed by atoms with Gasteiger partial charge in [-0.05, 0) is 38.2 Å². The van der Waals surface area contributed by atoms with Crippen LogP contribution >= 0.6 is 11.8 Å². The van der Waals surface area contributed by atoms with Gasteiger partial charge in [-0.3, -0.25) is 0 Å². The molecular formula is C16H23NOS. The largest absolute Gasteiger partial charge is 0.459 e. The molecule has 0 bridgehead atoms. The fraction of sp³-hybridized carbons (Fsp3) is 0.500. The maximum atomic E-state index is 6.01. The molecule has 0 spiro atoms. The molecule has 1 aromatic heterocycles. The number of hydrogen-bond acceptors (Lipinski definition) is 3. The van der Waals surface area contributed by atoms with Gasteiger partial charge in [-0.15, -0.1) is 0 Å². The molecular weight excluding hydrogens is 254 g/mol. The summed E-state index contributed by atoms with van der Waals surface area (Å²) in [6.07, 6.45) is 3.30. The molecule has 0 amide bonds. The van der Waals surface area contributed by atoms with Crippen molar-refractivity contribution in [2.24, 2.45) is 0 Å². The average Bonchev–Trinajstić information content (AvgIpc) is 2.76. The molecule has 0 fully saturated rings. The second-order valence-corrected chi connectivity index (χ2v) is 5.95. The van der Waals surface area contributed by atoms with E-state index in [1.54, 1.807) is 0 Å². The van der Waals surface area contributed by atoms with E-state index >= 15 is 0 Å². The molecule has 19 heavy (non-hydrogen) atoms. The SMILES string of the molecule is CCC(CSC)NC(C)c1oc2ccccc2c1C. The lowest BCUT2D eigenvalue weighted by Gasteiger charge is -2.20. The van der Waals surface area contributed by atoms with Gasteiger partial charge in [0, 0.05) is 17.2 Å². The number of furan rings is 1. The zero-order chi connectivity index (χ0) is 13.8. The number of benzene rings is 1. The molecule has 2 nitrogen and oxygen atoms in total. The maximum Gasteiger partial charge on any atom is 0.134 e. The fourth-order valence-electron chi connectivity index (χ4n) is 2.52. The molecule has 2 unspecified atom stereocenters. The summed E-state index contributed by atoms with van der Waals surface area (Å²) in [7, 11) is 0. The number of aryl methyl sites for hydroxylation is 1. The Labute approximate surface area is 119 Å². The van der Waals surface area contributed by atoms with Crippen LogP contribution in [-0.2, 0) is 0 Å². The standard InChI is InChI=1S/C16H23NOS/c1-5-13(10-19-4)17-12(3)16-11(2)14-8-6-7-9-15(14)18-16/h6-9,12-13,17H,5,10H2,1-4H3. The van der Waals surface area contributed by atoms with Crippen molar-refractivity contribution in [2.45, 2.75) is 39.3 Å². The summed E-state index contributed by atoms with van der Waals surface area (Å²) in [6, 6.07) is 9.05. The van der Waals surface area contributed by atoms with Crippen LogP contribution in [0.25, 0.3) is 11.0 Å². The van der Waals surface area contributed by atoms with Crippen LogP contribution in [0.4, 0.5) is 0 Å². The van der Waals surface area contributed by atoms with Gasteiger partial charge >= 0.3 is 0 Å². The lowest BCUT2D eigenvalue weighted by molar-refractivity contribution is 0.407. The molecule has 104 valence electrons. The van der Waals surface area contributed by atoms with Crippen molar-refractivity contribution >= 4 is 22.7 Å². The number of hydrogen-bond donors (Lipinski definition) is 1. The molecule has 0 aliphatic rings. The van der Waals surface area contributed by atoms with E-state index in [1.807, 2.05) is 23.9 Å². The van der Waals surface area contributed by atoms with Crippen LogP contribution in [0.15, 0.2) is 28.7 Å². The van der Waals surface area contributed by atoms with Crippen LogP contribution in [0, 0.1) is 6.92 Å². The predicted octanol–water partition coefficient (Wildman–Crippen LogP) is 4.53. The van der Waals surface area contributed by atoms with Crippen molar-refractivity contribution in [3.63, 3.8) is 0 Å². The summed E-state index contributed by atoms with van der Waals surface area (Å²) in [5.74, 6) is 2.21. The predicted molar refractivity (Wildman–Crippen MR) is 85.0 cm³/mol. The zero-order valence-corrected chi connectivity index (χ0v) is 13.0. The first-order valence-corrected chi connectivity index (χ1v) is 8.29. The monoisotopic (exact) mass is 277 g/mol. The molecule has 0 radical (unpaired) electrons. The summed E-state index contributed by atoms with van der Waals surface area (Å²) in [4.78, 5) is 0. The van der Waals surface area contributed by atoms with Crippen LogP contribution < -0.4 is 5.32 Å². The highest BCUT2D eigenvalue weighted by Crippen LogP contribution is 2.29. The van der Waals surface area contributed by atoms with Gasteiger partial charge in [0.05, 0.1) is 6.04 Å². The molecule has 0 saturated heterocycles. The Morgan fingerprint density at radius 3 is 2.68 bits per heavy atom. The topological polar surface area (TPSA) is 25.2 Å². The molecule has 2 atom stereocenters. The highest BCUT2D eigenvalue weighted by Gasteiger charge is 2.18. The zero-order valence-electron chi connectivity index (χ0n) is 12.2. The van der Waals surface area contributed by atoms with E-state index in [-0.39, 0.29) is 6.04 Å². The first-order valence-electron chi connectivity index (χ1n) is 6.90. The first-order chi connectivity index (χ1) is 9.17. The van der Waals surface area contributed by atoms with E-state index in [2.05, 4.69) is 44.5 Å². The highest BCUT2D eigenvalue weighted by molar-refractivity contribution is 7.98. The first kappa shape index (κ1) is 14.5. The maximum absolute atomic E-state index is 6.01. The van der Waals surface area contributed by atoms with Gasteiger partial charge in [-0.25, -0.2) is 0 Å². The number of thioether (sulfide) groups is 1. The Morgan fingerprint density at radius 1 is 1.32 bits per heavy atom. The van der Waals surface area contributed by atoms with E-state index in [4.69, 9.17) is 4.42 Å². The molecule has 0 aliphatic heterocycles. The summed E-state index contributed by atoms with van der Waals surface area (Å²) in [5, 5.41) is 4.90. The number of para-hydroxylation sites is 1. The van der Waals surface area contributed by atoms with Crippen molar-refractivity contribution in [3.05, 3.63) is 35.6 Å². The Bertz CT molecular complexity index is 535. The van der Waals surface area contributed by atoms with Gasteiger partial charge in [0.25, 0.3) is 0 Å². The Balaban J connectivity index is 2.21. The van der Waals surface area contributed by atoms with E-state index < -0.39 is 0 Å². The second kappa shape index (κ2) is 6.49. The molecule has 1 heterocycles. The fourth-order valence-corrected chi connectivity index (χ4v) is 3.25. The lowest BCUT2D eigenvalue weighted by Crippen LogP contribution is -2.33. The quantitative estimate of drug-likeness (QED) is 0.839. The highest BCUT2D eigenvalue weighted by atomic mass is 32.2. The van der Waals surface area contributed by atoms with Gasteiger partial charge in [-0.1, -0.05) is 25.1 Å².